The van der Waals surface area contributed by atoms with E-state index in [1.165, 1.54) is 0 Å². The zero-order chi connectivity index (χ0) is 18.5. The molecule has 1 saturated heterocycles. The van der Waals surface area contributed by atoms with Gasteiger partial charge in [-0.1, -0.05) is 6.92 Å². The Balaban J connectivity index is 0.00000261. The highest BCUT2D eigenvalue weighted by molar-refractivity contribution is 7.13. The molecule has 1 fully saturated rings. The number of rotatable bonds is 6. The summed E-state index contributed by atoms with van der Waals surface area (Å²) in [7, 11) is 1.67. The SMILES string of the molecule is COc1ccc(-c2nc(CN3CCN(C(=O)C(C)CN)CC3)cs2)cc1.Cl.Cl.Cl. The molecule has 6 nitrogen and oxygen atoms in total. The van der Waals surface area contributed by atoms with Crippen molar-refractivity contribution in [1.82, 2.24) is 14.8 Å². The quantitative estimate of drug-likeness (QED) is 0.682. The minimum Gasteiger partial charge on any atom is -0.497 e. The van der Waals surface area contributed by atoms with E-state index in [4.69, 9.17) is 15.5 Å². The van der Waals surface area contributed by atoms with E-state index >= 15 is 0 Å². The van der Waals surface area contributed by atoms with Gasteiger partial charge in [-0.05, 0) is 24.3 Å². The van der Waals surface area contributed by atoms with Gasteiger partial charge in [0.05, 0.1) is 12.8 Å². The number of piperazine rings is 1. The highest BCUT2D eigenvalue weighted by Gasteiger charge is 2.24. The first-order valence-electron chi connectivity index (χ1n) is 8.90. The lowest BCUT2D eigenvalue weighted by Crippen LogP contribution is -2.50. The third-order valence-corrected chi connectivity index (χ3v) is 5.67. The molecule has 2 aromatic rings. The van der Waals surface area contributed by atoms with Crippen molar-refractivity contribution < 1.29 is 9.53 Å². The number of methoxy groups -OCH3 is 1. The summed E-state index contributed by atoms with van der Waals surface area (Å²) in [4.78, 5) is 21.3. The number of hydrogen-bond donors (Lipinski definition) is 1. The molecular formula is C19H29Cl3N4O2S. The molecule has 2 N–H and O–H groups in total. The van der Waals surface area contributed by atoms with Crippen molar-refractivity contribution in [2.75, 3.05) is 39.8 Å². The first-order chi connectivity index (χ1) is 12.6. The van der Waals surface area contributed by atoms with E-state index in [1.54, 1.807) is 18.4 Å². The molecule has 1 aliphatic heterocycles. The number of ether oxygens (including phenoxy) is 1. The fraction of sp³-hybridized carbons (Fsp3) is 0.474. The van der Waals surface area contributed by atoms with E-state index in [0.29, 0.717) is 6.54 Å². The van der Waals surface area contributed by atoms with Crippen LogP contribution >= 0.6 is 48.6 Å². The minimum atomic E-state index is -0.0906. The maximum atomic E-state index is 12.2. The van der Waals surface area contributed by atoms with E-state index in [2.05, 4.69) is 10.3 Å². The van der Waals surface area contributed by atoms with Crippen LogP contribution in [-0.4, -0.2) is 60.5 Å². The number of halogens is 3. The van der Waals surface area contributed by atoms with E-state index in [-0.39, 0.29) is 49.0 Å². The van der Waals surface area contributed by atoms with Gasteiger partial charge in [-0.2, -0.15) is 0 Å². The number of carbonyl (C=O) groups is 1. The Morgan fingerprint density at radius 1 is 1.17 bits per heavy atom. The van der Waals surface area contributed by atoms with Crippen molar-refractivity contribution in [3.63, 3.8) is 0 Å². The van der Waals surface area contributed by atoms with Crippen LogP contribution in [0.15, 0.2) is 29.6 Å². The maximum Gasteiger partial charge on any atom is 0.226 e. The van der Waals surface area contributed by atoms with Crippen LogP contribution in [0.2, 0.25) is 0 Å². The Labute approximate surface area is 195 Å². The molecule has 1 aliphatic rings. The number of aromatic nitrogens is 1. The average molecular weight is 484 g/mol. The molecule has 0 saturated carbocycles. The topological polar surface area (TPSA) is 71.7 Å². The summed E-state index contributed by atoms with van der Waals surface area (Å²) in [6.07, 6.45) is 0. The van der Waals surface area contributed by atoms with Crippen molar-refractivity contribution in [1.29, 1.82) is 0 Å². The molecule has 3 rings (SSSR count). The largest absolute Gasteiger partial charge is 0.497 e. The van der Waals surface area contributed by atoms with Crippen LogP contribution in [0.3, 0.4) is 0 Å². The Morgan fingerprint density at radius 2 is 1.79 bits per heavy atom. The molecule has 164 valence electrons. The van der Waals surface area contributed by atoms with Crippen molar-refractivity contribution in [3.8, 4) is 16.3 Å². The minimum absolute atomic E-state index is 0. The predicted molar refractivity (Wildman–Crippen MR) is 126 cm³/mol. The van der Waals surface area contributed by atoms with Crippen molar-refractivity contribution >= 4 is 54.5 Å². The molecule has 1 aromatic heterocycles. The Hall–Kier alpha value is -1.09. The van der Waals surface area contributed by atoms with Gasteiger partial charge in [-0.15, -0.1) is 48.6 Å². The van der Waals surface area contributed by atoms with Crippen LogP contribution in [0, 0.1) is 5.92 Å². The Bertz CT molecular complexity index is 737. The first-order valence-corrected chi connectivity index (χ1v) is 9.78. The monoisotopic (exact) mass is 482 g/mol. The standard InChI is InChI=1S/C19H26N4O2S.3ClH/c1-14(11-20)19(24)23-9-7-22(8-10-23)12-16-13-26-18(21-16)15-3-5-17(25-2)6-4-15;;;/h3-6,13-14H,7-12,20H2,1-2H3;3*1H. The zero-order valence-corrected chi connectivity index (χ0v) is 19.8. The normalized spacial score (nSPS) is 14.8. The zero-order valence-electron chi connectivity index (χ0n) is 16.6. The predicted octanol–water partition coefficient (Wildman–Crippen LogP) is 3.32. The molecule has 1 unspecified atom stereocenters. The highest BCUT2D eigenvalue weighted by Crippen LogP contribution is 2.26. The van der Waals surface area contributed by atoms with Gasteiger partial charge >= 0.3 is 0 Å². The van der Waals surface area contributed by atoms with Crippen LogP contribution in [0.5, 0.6) is 5.75 Å². The summed E-state index contributed by atoms with van der Waals surface area (Å²) < 4.78 is 5.20. The lowest BCUT2D eigenvalue weighted by Gasteiger charge is -2.35. The fourth-order valence-corrected chi connectivity index (χ4v) is 3.83. The second-order valence-corrected chi connectivity index (χ2v) is 7.47. The number of carbonyl (C=O) groups excluding carboxylic acids is 1. The third-order valence-electron chi connectivity index (χ3n) is 4.73. The fourth-order valence-electron chi connectivity index (χ4n) is 3.01. The summed E-state index contributed by atoms with van der Waals surface area (Å²) in [6, 6.07) is 7.97. The molecule has 0 aliphatic carbocycles. The van der Waals surface area contributed by atoms with Gasteiger partial charge in [-0.3, -0.25) is 9.69 Å². The lowest BCUT2D eigenvalue weighted by molar-refractivity contribution is -0.136. The molecule has 1 aromatic carbocycles. The second kappa shape index (κ2) is 13.3. The van der Waals surface area contributed by atoms with Crippen LogP contribution in [0.4, 0.5) is 0 Å². The number of nitrogens with two attached hydrogens (primary N) is 1. The van der Waals surface area contributed by atoms with E-state index in [0.717, 1.165) is 54.7 Å². The van der Waals surface area contributed by atoms with Gasteiger partial charge in [-0.25, -0.2) is 4.98 Å². The highest BCUT2D eigenvalue weighted by atomic mass is 35.5. The summed E-state index contributed by atoms with van der Waals surface area (Å²) in [5, 5.41) is 3.14. The van der Waals surface area contributed by atoms with Crippen molar-refractivity contribution in [3.05, 3.63) is 35.3 Å². The van der Waals surface area contributed by atoms with Crippen LogP contribution in [-0.2, 0) is 11.3 Å². The molecule has 0 spiro atoms. The molecule has 29 heavy (non-hydrogen) atoms. The van der Waals surface area contributed by atoms with E-state index in [1.807, 2.05) is 36.1 Å². The van der Waals surface area contributed by atoms with E-state index in [9.17, 15) is 4.79 Å². The average Bonchev–Trinajstić information content (AvgIpc) is 3.16. The molecule has 2 heterocycles. The molecular weight excluding hydrogens is 455 g/mol. The third kappa shape index (κ3) is 7.27. The lowest BCUT2D eigenvalue weighted by atomic mass is 10.1. The number of hydrogen-bond acceptors (Lipinski definition) is 6. The summed E-state index contributed by atoms with van der Waals surface area (Å²) >= 11 is 1.66. The molecule has 0 radical (unpaired) electrons. The van der Waals surface area contributed by atoms with Gasteiger partial charge in [0, 0.05) is 56.1 Å². The molecule has 10 heteroatoms. The summed E-state index contributed by atoms with van der Waals surface area (Å²) in [5.74, 6) is 0.927. The van der Waals surface area contributed by atoms with Gasteiger partial charge < -0.3 is 15.4 Å². The van der Waals surface area contributed by atoms with Crippen molar-refractivity contribution in [2.45, 2.75) is 13.5 Å². The summed E-state index contributed by atoms with van der Waals surface area (Å²) in [5.41, 5.74) is 7.79. The van der Waals surface area contributed by atoms with Crippen LogP contribution < -0.4 is 10.5 Å². The number of nitrogens with zero attached hydrogens (tertiary/aromatic N) is 3. The van der Waals surface area contributed by atoms with Gasteiger partial charge in [0.1, 0.15) is 10.8 Å². The maximum absolute atomic E-state index is 12.2. The molecule has 1 amide bonds. The Morgan fingerprint density at radius 3 is 2.34 bits per heavy atom. The Kier molecular flexibility index (Phi) is 12.8. The molecule has 1 atom stereocenters. The van der Waals surface area contributed by atoms with E-state index < -0.39 is 0 Å². The second-order valence-electron chi connectivity index (χ2n) is 6.61. The smallest absolute Gasteiger partial charge is 0.226 e. The van der Waals surface area contributed by atoms with Crippen molar-refractivity contribution in [2.24, 2.45) is 11.7 Å². The number of benzene rings is 1. The van der Waals surface area contributed by atoms with Gasteiger partial charge in [0.2, 0.25) is 5.91 Å². The number of thiazole rings is 1. The first kappa shape index (κ1) is 27.9. The van der Waals surface area contributed by atoms with Crippen LogP contribution in [0.1, 0.15) is 12.6 Å². The summed E-state index contributed by atoms with van der Waals surface area (Å²) in [6.45, 7) is 6.39. The number of amides is 1. The van der Waals surface area contributed by atoms with Gasteiger partial charge in [0.25, 0.3) is 0 Å². The van der Waals surface area contributed by atoms with Gasteiger partial charge in [0.15, 0.2) is 0 Å². The van der Waals surface area contributed by atoms with Crippen LogP contribution in [0.25, 0.3) is 10.6 Å². The molecule has 0 bridgehead atoms.